The van der Waals surface area contributed by atoms with E-state index in [1.165, 1.54) is 18.5 Å². The average molecular weight is 261 g/mol. The Morgan fingerprint density at radius 2 is 2.11 bits per heavy atom. The van der Waals surface area contributed by atoms with E-state index in [4.69, 9.17) is 0 Å². The van der Waals surface area contributed by atoms with Crippen LogP contribution in [-0.4, -0.2) is 19.6 Å². The third-order valence-electron chi connectivity index (χ3n) is 3.18. The fourth-order valence-corrected chi connectivity index (χ4v) is 1.99. The monoisotopic (exact) mass is 261 g/mol. The van der Waals surface area contributed by atoms with Crippen LogP contribution < -0.4 is 5.32 Å². The normalized spacial score (nSPS) is 10.9. The van der Waals surface area contributed by atoms with E-state index in [1.807, 2.05) is 16.9 Å². The fraction of sp³-hybridized carbons (Fsp3) is 0.571. The summed E-state index contributed by atoms with van der Waals surface area (Å²) >= 11 is 0. The number of nitrogens with one attached hydrogen (secondary N) is 1. The summed E-state index contributed by atoms with van der Waals surface area (Å²) in [5.74, 6) is 0.930. The van der Waals surface area contributed by atoms with Crippen LogP contribution in [0.3, 0.4) is 0 Å². The second-order valence-electron chi connectivity index (χ2n) is 4.76. The van der Waals surface area contributed by atoms with E-state index in [0.29, 0.717) is 0 Å². The Bertz CT molecular complexity index is 512. The lowest BCUT2D eigenvalue weighted by Crippen LogP contribution is -2.05. The maximum absolute atomic E-state index is 4.56. The Kier molecular flexibility index (Phi) is 4.60. The fourth-order valence-electron chi connectivity index (χ4n) is 1.99. The first-order valence-corrected chi connectivity index (χ1v) is 7.03. The molecule has 0 aliphatic carbocycles. The molecule has 19 heavy (non-hydrogen) atoms. The van der Waals surface area contributed by atoms with Crippen LogP contribution in [0, 0.1) is 6.92 Å². The Balaban J connectivity index is 1.92. The molecule has 2 rings (SSSR count). The van der Waals surface area contributed by atoms with Gasteiger partial charge in [0.2, 0.25) is 0 Å². The number of nitrogens with zero attached hydrogens (tertiary/aromatic N) is 4. The second-order valence-corrected chi connectivity index (χ2v) is 4.76. The van der Waals surface area contributed by atoms with Crippen LogP contribution in [0.2, 0.25) is 0 Å². The van der Waals surface area contributed by atoms with Crippen molar-refractivity contribution >= 4 is 5.82 Å². The van der Waals surface area contributed by atoms with Crippen molar-refractivity contribution in [3.05, 3.63) is 29.7 Å². The van der Waals surface area contributed by atoms with Gasteiger partial charge in [0.05, 0.1) is 12.2 Å². The predicted octanol–water partition coefficient (Wildman–Crippen LogP) is 2.82. The lowest BCUT2D eigenvalue weighted by molar-refractivity contribution is 0.560. The third-order valence-corrected chi connectivity index (χ3v) is 3.18. The summed E-state index contributed by atoms with van der Waals surface area (Å²) in [4.78, 5) is 0. The van der Waals surface area contributed by atoms with Crippen LogP contribution >= 0.6 is 0 Å². The average Bonchev–Trinajstić information content (AvgIpc) is 3.00. The summed E-state index contributed by atoms with van der Waals surface area (Å²) in [6, 6.07) is 4.13. The highest BCUT2D eigenvalue weighted by Gasteiger charge is 2.04. The van der Waals surface area contributed by atoms with Crippen LogP contribution in [0.15, 0.2) is 18.3 Å². The van der Waals surface area contributed by atoms with Gasteiger partial charge in [-0.15, -0.1) is 0 Å². The van der Waals surface area contributed by atoms with Gasteiger partial charge in [0.1, 0.15) is 5.82 Å². The number of rotatable bonds is 7. The van der Waals surface area contributed by atoms with Crippen LogP contribution in [0.1, 0.15) is 38.1 Å². The molecule has 0 bridgehead atoms. The van der Waals surface area contributed by atoms with E-state index < -0.39 is 0 Å². The van der Waals surface area contributed by atoms with Crippen molar-refractivity contribution in [3.63, 3.8) is 0 Å². The largest absolute Gasteiger partial charge is 0.363 e. The lowest BCUT2D eigenvalue weighted by atomic mass is 10.3. The second kappa shape index (κ2) is 6.41. The van der Waals surface area contributed by atoms with E-state index in [0.717, 1.165) is 31.1 Å². The van der Waals surface area contributed by atoms with Crippen LogP contribution in [0.25, 0.3) is 0 Å². The lowest BCUT2D eigenvalue weighted by Gasteiger charge is -2.02. The molecule has 0 atom stereocenters. The number of aryl methyl sites for hydroxylation is 3. The zero-order chi connectivity index (χ0) is 13.7. The quantitative estimate of drug-likeness (QED) is 0.833. The summed E-state index contributed by atoms with van der Waals surface area (Å²) in [6.07, 6.45) is 4.36. The zero-order valence-corrected chi connectivity index (χ0v) is 12.1. The van der Waals surface area contributed by atoms with E-state index in [-0.39, 0.29) is 0 Å². The maximum Gasteiger partial charge on any atom is 0.148 e. The van der Waals surface area contributed by atoms with Gasteiger partial charge in [0.25, 0.3) is 0 Å². The molecular weight excluding hydrogens is 238 g/mol. The van der Waals surface area contributed by atoms with Gasteiger partial charge in [0.15, 0.2) is 0 Å². The molecule has 104 valence electrons. The molecule has 0 spiro atoms. The van der Waals surface area contributed by atoms with E-state index in [9.17, 15) is 0 Å². The van der Waals surface area contributed by atoms with Gasteiger partial charge >= 0.3 is 0 Å². The molecule has 0 fully saturated rings. The first kappa shape index (κ1) is 13.6. The summed E-state index contributed by atoms with van der Waals surface area (Å²) < 4.78 is 4.00. The molecule has 0 radical (unpaired) electrons. The van der Waals surface area contributed by atoms with Crippen molar-refractivity contribution in [1.29, 1.82) is 0 Å². The van der Waals surface area contributed by atoms with Gasteiger partial charge in [0, 0.05) is 31.0 Å². The van der Waals surface area contributed by atoms with Crippen LogP contribution in [-0.2, 0) is 19.6 Å². The van der Waals surface area contributed by atoms with Crippen LogP contribution in [0.5, 0.6) is 0 Å². The van der Waals surface area contributed by atoms with Crippen molar-refractivity contribution < 1.29 is 0 Å². The van der Waals surface area contributed by atoms with Crippen molar-refractivity contribution in [3.8, 4) is 0 Å². The Morgan fingerprint density at radius 3 is 2.79 bits per heavy atom. The topological polar surface area (TPSA) is 47.7 Å². The molecule has 1 N–H and O–H groups in total. The molecule has 2 aromatic rings. The van der Waals surface area contributed by atoms with E-state index in [1.54, 1.807) is 0 Å². The van der Waals surface area contributed by atoms with Gasteiger partial charge in [-0.05, 0) is 26.3 Å². The molecule has 5 nitrogen and oxygen atoms in total. The highest BCUT2D eigenvalue weighted by Crippen LogP contribution is 2.10. The smallest absolute Gasteiger partial charge is 0.148 e. The van der Waals surface area contributed by atoms with Gasteiger partial charge in [-0.25, -0.2) is 0 Å². The Labute approximate surface area is 114 Å². The molecule has 0 saturated heterocycles. The number of aromatic nitrogens is 4. The Morgan fingerprint density at radius 1 is 1.26 bits per heavy atom. The third kappa shape index (κ3) is 3.59. The van der Waals surface area contributed by atoms with Gasteiger partial charge < -0.3 is 5.32 Å². The SMILES string of the molecule is CCCCn1nc(NCc2ccn(CC)n2)cc1C. The first-order chi connectivity index (χ1) is 9.22. The highest BCUT2D eigenvalue weighted by atomic mass is 15.3. The molecule has 0 saturated carbocycles. The molecule has 0 amide bonds. The summed E-state index contributed by atoms with van der Waals surface area (Å²) in [5, 5.41) is 12.3. The standard InChI is InChI=1S/C14H23N5/c1-4-6-8-19-12(3)10-14(17-19)15-11-13-7-9-18(5-2)16-13/h7,9-10H,4-6,8,11H2,1-3H3,(H,15,17). The minimum atomic E-state index is 0.719. The molecule has 5 heteroatoms. The summed E-state index contributed by atoms with van der Waals surface area (Å²) in [5.41, 5.74) is 2.25. The minimum Gasteiger partial charge on any atom is -0.363 e. The summed E-state index contributed by atoms with van der Waals surface area (Å²) in [6.45, 7) is 9.00. The molecule has 0 aromatic carbocycles. The van der Waals surface area contributed by atoms with Crippen molar-refractivity contribution in [2.45, 2.75) is 53.2 Å². The number of hydrogen-bond donors (Lipinski definition) is 1. The molecule has 0 aliphatic heterocycles. The van der Waals surface area contributed by atoms with Crippen molar-refractivity contribution in [2.75, 3.05) is 5.32 Å². The zero-order valence-electron chi connectivity index (χ0n) is 12.1. The molecule has 2 heterocycles. The van der Waals surface area contributed by atoms with Gasteiger partial charge in [-0.3, -0.25) is 9.36 Å². The highest BCUT2D eigenvalue weighted by molar-refractivity contribution is 5.36. The van der Waals surface area contributed by atoms with Crippen molar-refractivity contribution in [2.24, 2.45) is 0 Å². The number of unbranched alkanes of at least 4 members (excludes halogenated alkanes) is 1. The molecule has 0 unspecified atom stereocenters. The van der Waals surface area contributed by atoms with Gasteiger partial charge in [-0.2, -0.15) is 10.2 Å². The summed E-state index contributed by atoms with van der Waals surface area (Å²) in [7, 11) is 0. The van der Waals surface area contributed by atoms with E-state index >= 15 is 0 Å². The van der Waals surface area contributed by atoms with Crippen molar-refractivity contribution in [1.82, 2.24) is 19.6 Å². The predicted molar refractivity (Wildman–Crippen MR) is 77.1 cm³/mol. The molecule has 2 aromatic heterocycles. The number of hydrogen-bond acceptors (Lipinski definition) is 3. The van der Waals surface area contributed by atoms with Crippen LogP contribution in [0.4, 0.5) is 5.82 Å². The number of anilines is 1. The maximum atomic E-state index is 4.56. The van der Waals surface area contributed by atoms with Gasteiger partial charge in [-0.1, -0.05) is 13.3 Å². The Hall–Kier alpha value is -1.78. The molecular formula is C14H23N5. The molecule has 0 aliphatic rings. The van der Waals surface area contributed by atoms with E-state index in [2.05, 4.69) is 47.0 Å². The first-order valence-electron chi connectivity index (χ1n) is 7.03. The minimum absolute atomic E-state index is 0.719.